The minimum Gasteiger partial charge on any atom is -0.351 e. The summed E-state index contributed by atoms with van der Waals surface area (Å²) in [6.45, 7) is 2.88. The van der Waals surface area contributed by atoms with E-state index in [1.807, 2.05) is 30.3 Å². The number of amides is 1. The van der Waals surface area contributed by atoms with Gasteiger partial charge in [-0.25, -0.2) is 4.98 Å². The monoisotopic (exact) mass is 366 g/mol. The van der Waals surface area contributed by atoms with Crippen LogP contribution in [-0.4, -0.2) is 45.7 Å². The third-order valence-corrected chi connectivity index (χ3v) is 5.47. The number of H-pyrrole nitrogens is 1. The maximum atomic E-state index is 12.3. The number of hydrogen-bond acceptors (Lipinski definition) is 4. The fourth-order valence-electron chi connectivity index (χ4n) is 3.34. The van der Waals surface area contributed by atoms with E-state index in [1.54, 1.807) is 0 Å². The molecule has 1 aliphatic heterocycles. The van der Waals surface area contributed by atoms with E-state index < -0.39 is 0 Å². The van der Waals surface area contributed by atoms with Gasteiger partial charge in [-0.1, -0.05) is 54.2 Å². The molecule has 1 aromatic heterocycles. The second kappa shape index (κ2) is 7.93. The average Bonchev–Trinajstić information content (AvgIpc) is 3.27. The van der Waals surface area contributed by atoms with Crippen LogP contribution in [0, 0.1) is 0 Å². The molecule has 4 rings (SSSR count). The third-order valence-electron chi connectivity index (χ3n) is 4.59. The van der Waals surface area contributed by atoms with E-state index >= 15 is 0 Å². The number of fused-ring (bicyclic) bond motifs is 1. The van der Waals surface area contributed by atoms with E-state index in [1.165, 1.54) is 17.3 Å². The van der Waals surface area contributed by atoms with Crippen molar-refractivity contribution < 1.29 is 4.79 Å². The molecule has 3 aromatic rings. The Bertz CT molecular complexity index is 847. The lowest BCUT2D eigenvalue weighted by Gasteiger charge is -2.16. The normalized spacial score (nSPS) is 17.6. The van der Waals surface area contributed by atoms with E-state index in [0.29, 0.717) is 5.75 Å². The molecule has 2 aromatic carbocycles. The predicted octanol–water partition coefficient (Wildman–Crippen LogP) is 3.05. The molecule has 1 amide bonds. The number of carbonyl (C=O) groups is 1. The molecule has 134 valence electrons. The van der Waals surface area contributed by atoms with Gasteiger partial charge < -0.3 is 10.3 Å². The molecule has 2 N–H and O–H groups in total. The summed E-state index contributed by atoms with van der Waals surface area (Å²) in [6, 6.07) is 18.6. The molecule has 0 bridgehead atoms. The zero-order valence-electron chi connectivity index (χ0n) is 14.5. The molecule has 1 aliphatic rings. The summed E-state index contributed by atoms with van der Waals surface area (Å²) in [5.41, 5.74) is 3.26. The summed E-state index contributed by atoms with van der Waals surface area (Å²) in [5, 5.41) is 3.95. The fraction of sp³-hybridized carbons (Fsp3) is 0.300. The van der Waals surface area contributed by atoms with Gasteiger partial charge >= 0.3 is 0 Å². The number of para-hydroxylation sites is 2. The topological polar surface area (TPSA) is 61.0 Å². The van der Waals surface area contributed by atoms with E-state index in [-0.39, 0.29) is 11.9 Å². The van der Waals surface area contributed by atoms with Crippen LogP contribution in [0.5, 0.6) is 0 Å². The zero-order chi connectivity index (χ0) is 17.8. The van der Waals surface area contributed by atoms with Gasteiger partial charge in [0, 0.05) is 25.7 Å². The van der Waals surface area contributed by atoms with Crippen molar-refractivity contribution in [2.75, 3.05) is 18.8 Å². The summed E-state index contributed by atoms with van der Waals surface area (Å²) in [4.78, 5) is 22.4. The number of carbonyl (C=O) groups excluding carboxylic acids is 1. The third kappa shape index (κ3) is 4.26. The largest absolute Gasteiger partial charge is 0.351 e. The van der Waals surface area contributed by atoms with Gasteiger partial charge in [-0.15, -0.1) is 0 Å². The van der Waals surface area contributed by atoms with E-state index in [0.717, 1.165) is 42.2 Å². The Hall–Kier alpha value is -2.31. The number of nitrogens with one attached hydrogen (secondary N) is 2. The smallest absolute Gasteiger partial charge is 0.230 e. The van der Waals surface area contributed by atoms with Crippen LogP contribution in [0.2, 0.25) is 0 Å². The van der Waals surface area contributed by atoms with Gasteiger partial charge in [0.2, 0.25) is 5.91 Å². The van der Waals surface area contributed by atoms with Crippen LogP contribution >= 0.6 is 11.8 Å². The highest BCUT2D eigenvalue weighted by Gasteiger charge is 2.23. The van der Waals surface area contributed by atoms with Crippen molar-refractivity contribution >= 4 is 28.7 Å². The van der Waals surface area contributed by atoms with Crippen LogP contribution < -0.4 is 5.32 Å². The van der Waals surface area contributed by atoms with Crippen molar-refractivity contribution in [2.45, 2.75) is 24.2 Å². The van der Waals surface area contributed by atoms with Crippen LogP contribution in [0.3, 0.4) is 0 Å². The van der Waals surface area contributed by atoms with Gasteiger partial charge in [0.15, 0.2) is 5.16 Å². The molecule has 2 heterocycles. The summed E-state index contributed by atoms with van der Waals surface area (Å²) in [7, 11) is 0. The molecular formula is C20H22N4OS. The first-order valence-corrected chi connectivity index (χ1v) is 9.88. The standard InChI is InChI=1S/C20H22N4OS/c25-19(14-26-20-22-17-8-4-5-9-18(17)23-20)21-16-10-11-24(13-16)12-15-6-2-1-3-7-15/h1-9,16H,10-14H2,(H,21,25)(H,22,23). The van der Waals surface area contributed by atoms with Crippen molar-refractivity contribution in [3.63, 3.8) is 0 Å². The lowest BCUT2D eigenvalue weighted by molar-refractivity contribution is -0.119. The molecule has 6 heteroatoms. The van der Waals surface area contributed by atoms with Crippen molar-refractivity contribution in [1.29, 1.82) is 0 Å². The molecule has 1 fully saturated rings. The number of benzene rings is 2. The van der Waals surface area contributed by atoms with Crippen LogP contribution in [-0.2, 0) is 11.3 Å². The number of hydrogen-bond donors (Lipinski definition) is 2. The average molecular weight is 366 g/mol. The number of nitrogens with zero attached hydrogens (tertiary/aromatic N) is 2. The van der Waals surface area contributed by atoms with Crippen LogP contribution in [0.15, 0.2) is 59.8 Å². The first-order valence-electron chi connectivity index (χ1n) is 8.89. The Kier molecular flexibility index (Phi) is 5.22. The second-order valence-electron chi connectivity index (χ2n) is 6.62. The minimum absolute atomic E-state index is 0.0713. The Balaban J connectivity index is 1.23. The molecule has 0 aliphatic carbocycles. The quantitative estimate of drug-likeness (QED) is 0.658. The van der Waals surface area contributed by atoms with Gasteiger partial charge in [0.25, 0.3) is 0 Å². The van der Waals surface area contributed by atoms with E-state index in [2.05, 4.69) is 44.5 Å². The van der Waals surface area contributed by atoms with Crippen LogP contribution in [0.1, 0.15) is 12.0 Å². The number of imidazole rings is 1. The molecule has 0 spiro atoms. The van der Waals surface area contributed by atoms with Gasteiger partial charge in [-0.2, -0.15) is 0 Å². The predicted molar refractivity (Wildman–Crippen MR) is 105 cm³/mol. The highest BCUT2D eigenvalue weighted by molar-refractivity contribution is 7.99. The number of rotatable bonds is 6. The first kappa shape index (κ1) is 17.1. The molecule has 1 unspecified atom stereocenters. The highest BCUT2D eigenvalue weighted by atomic mass is 32.2. The SMILES string of the molecule is O=C(CSc1nc2ccccc2[nH]1)NC1CCN(Cc2ccccc2)C1. The summed E-state index contributed by atoms with van der Waals surface area (Å²) >= 11 is 1.45. The van der Waals surface area contributed by atoms with Crippen molar-refractivity contribution in [3.8, 4) is 0 Å². The lowest BCUT2D eigenvalue weighted by Crippen LogP contribution is -2.38. The van der Waals surface area contributed by atoms with E-state index in [4.69, 9.17) is 0 Å². The van der Waals surface area contributed by atoms with Gasteiger partial charge in [0.1, 0.15) is 0 Å². The van der Waals surface area contributed by atoms with Gasteiger partial charge in [-0.3, -0.25) is 9.69 Å². The van der Waals surface area contributed by atoms with Gasteiger partial charge in [0.05, 0.1) is 16.8 Å². The highest BCUT2D eigenvalue weighted by Crippen LogP contribution is 2.19. The molecule has 0 saturated carbocycles. The Morgan fingerprint density at radius 1 is 1.19 bits per heavy atom. The Morgan fingerprint density at radius 2 is 2.00 bits per heavy atom. The van der Waals surface area contributed by atoms with Crippen LogP contribution in [0.25, 0.3) is 11.0 Å². The molecule has 1 atom stereocenters. The van der Waals surface area contributed by atoms with Crippen molar-refractivity contribution in [1.82, 2.24) is 20.2 Å². The minimum atomic E-state index is 0.0713. The summed E-state index contributed by atoms with van der Waals surface area (Å²) < 4.78 is 0. The molecule has 0 radical (unpaired) electrons. The number of likely N-dealkylation sites (tertiary alicyclic amines) is 1. The molecule has 26 heavy (non-hydrogen) atoms. The summed E-state index contributed by atoms with van der Waals surface area (Å²) in [6.07, 6.45) is 1.01. The number of aromatic nitrogens is 2. The van der Waals surface area contributed by atoms with E-state index in [9.17, 15) is 4.79 Å². The van der Waals surface area contributed by atoms with Crippen molar-refractivity contribution in [2.24, 2.45) is 0 Å². The second-order valence-corrected chi connectivity index (χ2v) is 7.59. The Morgan fingerprint density at radius 3 is 2.85 bits per heavy atom. The Labute approximate surface area is 157 Å². The maximum Gasteiger partial charge on any atom is 0.230 e. The summed E-state index contributed by atoms with van der Waals surface area (Å²) in [5.74, 6) is 0.455. The molecule has 5 nitrogen and oxygen atoms in total. The molecular weight excluding hydrogens is 344 g/mol. The lowest BCUT2D eigenvalue weighted by atomic mass is 10.2. The van der Waals surface area contributed by atoms with Crippen molar-refractivity contribution in [3.05, 3.63) is 60.2 Å². The number of thioether (sulfide) groups is 1. The zero-order valence-corrected chi connectivity index (χ0v) is 15.3. The fourth-order valence-corrected chi connectivity index (χ4v) is 4.03. The number of aromatic amines is 1. The molecule has 1 saturated heterocycles. The van der Waals surface area contributed by atoms with Gasteiger partial charge in [-0.05, 0) is 24.1 Å². The van der Waals surface area contributed by atoms with Crippen LogP contribution in [0.4, 0.5) is 0 Å². The maximum absolute atomic E-state index is 12.3. The first-order chi connectivity index (χ1) is 12.8.